The fourth-order valence-corrected chi connectivity index (χ4v) is 3.57. The molecule has 2 amide bonds. The van der Waals surface area contributed by atoms with Gasteiger partial charge in [-0.25, -0.2) is 4.39 Å². The maximum atomic E-state index is 13.2. The molecule has 0 aromatic heterocycles. The van der Waals surface area contributed by atoms with E-state index in [0.717, 1.165) is 29.4 Å². The third-order valence-corrected chi connectivity index (χ3v) is 5.08. The number of nitrogens with one attached hydrogen (secondary N) is 2. The van der Waals surface area contributed by atoms with Crippen LogP contribution in [0, 0.1) is 5.82 Å². The summed E-state index contributed by atoms with van der Waals surface area (Å²) >= 11 is 0. The predicted octanol–water partition coefficient (Wildman–Crippen LogP) is 0.636. The van der Waals surface area contributed by atoms with E-state index in [1.54, 1.807) is 20.2 Å². The van der Waals surface area contributed by atoms with Gasteiger partial charge in [0, 0.05) is 31.9 Å². The summed E-state index contributed by atoms with van der Waals surface area (Å²) in [4.78, 5) is 29.6. The first kappa shape index (κ1) is 21.6. The van der Waals surface area contributed by atoms with Gasteiger partial charge in [-0.3, -0.25) is 9.59 Å². The molecular weight excluding hydrogens is 387 g/mol. The van der Waals surface area contributed by atoms with Crippen molar-refractivity contribution in [3.05, 3.63) is 54.3 Å². The zero-order chi connectivity index (χ0) is 21.5. The second kappa shape index (κ2) is 10.1. The summed E-state index contributed by atoms with van der Waals surface area (Å²) in [5.74, 6) is 0.180. The number of hydrogen-bond acceptors (Lipinski definition) is 4. The molecule has 1 aliphatic heterocycles. The van der Waals surface area contributed by atoms with Crippen molar-refractivity contribution in [1.29, 1.82) is 0 Å². The Morgan fingerprint density at radius 2 is 1.80 bits per heavy atom. The molecule has 7 nitrogen and oxygen atoms in total. The Balaban J connectivity index is 1.45. The number of carbonyl (C=O) groups is 2. The van der Waals surface area contributed by atoms with Crippen LogP contribution in [0.5, 0.6) is 5.75 Å². The van der Waals surface area contributed by atoms with E-state index in [1.807, 2.05) is 29.2 Å². The Labute approximate surface area is 176 Å². The third-order valence-electron chi connectivity index (χ3n) is 5.08. The van der Waals surface area contributed by atoms with Crippen molar-refractivity contribution in [2.45, 2.75) is 0 Å². The second-order valence-electron chi connectivity index (χ2n) is 7.41. The molecule has 0 saturated carbocycles. The number of methoxy groups -OCH3 is 1. The fourth-order valence-electron chi connectivity index (χ4n) is 3.57. The Morgan fingerprint density at radius 3 is 2.50 bits per heavy atom. The van der Waals surface area contributed by atoms with E-state index in [-0.39, 0.29) is 24.9 Å². The van der Waals surface area contributed by atoms with Gasteiger partial charge in [0.1, 0.15) is 11.6 Å². The minimum atomic E-state index is -0.407. The molecule has 8 heteroatoms. The third kappa shape index (κ3) is 5.70. The Bertz CT molecular complexity index is 884. The number of quaternary nitrogens is 1. The van der Waals surface area contributed by atoms with Gasteiger partial charge in [-0.15, -0.1) is 0 Å². The van der Waals surface area contributed by atoms with Crippen LogP contribution in [0.15, 0.2) is 48.5 Å². The van der Waals surface area contributed by atoms with E-state index in [4.69, 9.17) is 4.74 Å². The monoisotopic (exact) mass is 415 g/mol. The van der Waals surface area contributed by atoms with Crippen molar-refractivity contribution in [3.8, 4) is 5.75 Å². The highest BCUT2D eigenvalue weighted by atomic mass is 19.1. The lowest BCUT2D eigenvalue weighted by molar-refractivity contribution is -0.862. The van der Waals surface area contributed by atoms with Gasteiger partial charge in [0.2, 0.25) is 0 Å². The molecule has 2 aromatic carbocycles. The molecule has 30 heavy (non-hydrogen) atoms. The Kier molecular flexibility index (Phi) is 7.24. The lowest BCUT2D eigenvalue weighted by atomic mass is 10.2. The number of likely N-dealkylation sites (N-methyl/N-ethyl adjacent to an activating group) is 1. The van der Waals surface area contributed by atoms with Crippen molar-refractivity contribution in [2.75, 3.05) is 63.6 Å². The number of rotatable bonds is 7. The van der Waals surface area contributed by atoms with Gasteiger partial charge in [0.05, 0.1) is 19.8 Å². The topological polar surface area (TPSA) is 66.3 Å². The molecule has 2 N–H and O–H groups in total. The number of ether oxygens (including phenoxy) is 1. The number of hydrogen-bond donors (Lipinski definition) is 2. The summed E-state index contributed by atoms with van der Waals surface area (Å²) < 4.78 is 18.6. The minimum Gasteiger partial charge on any atom is -0.495 e. The van der Waals surface area contributed by atoms with Crippen molar-refractivity contribution in [3.63, 3.8) is 0 Å². The lowest BCUT2D eigenvalue weighted by Crippen LogP contribution is -3.11. The molecule has 2 aromatic rings. The number of para-hydroxylation sites is 2. The fraction of sp³-hybridized carbons (Fsp3) is 0.364. The first-order chi connectivity index (χ1) is 14.5. The Morgan fingerprint density at radius 1 is 1.07 bits per heavy atom. The quantitative estimate of drug-likeness (QED) is 0.697. The van der Waals surface area contributed by atoms with E-state index >= 15 is 0 Å². The van der Waals surface area contributed by atoms with Crippen LogP contribution in [-0.4, -0.2) is 70.1 Å². The van der Waals surface area contributed by atoms with Crippen LogP contribution in [0.3, 0.4) is 0 Å². The molecule has 1 atom stereocenters. The van der Waals surface area contributed by atoms with E-state index in [9.17, 15) is 14.0 Å². The molecule has 1 fully saturated rings. The van der Waals surface area contributed by atoms with Gasteiger partial charge in [-0.1, -0.05) is 18.2 Å². The first-order valence-electron chi connectivity index (χ1n) is 9.98. The molecule has 1 aliphatic rings. The van der Waals surface area contributed by atoms with Crippen molar-refractivity contribution in [2.24, 2.45) is 0 Å². The van der Waals surface area contributed by atoms with Crippen LogP contribution in [0.2, 0.25) is 0 Å². The molecule has 1 heterocycles. The SMILES string of the molecule is COc1ccccc1N1CCN(C(=O)C[NH+](C)CC(=O)Nc2cccc(F)c2)CC1. The van der Waals surface area contributed by atoms with Crippen LogP contribution >= 0.6 is 0 Å². The zero-order valence-corrected chi connectivity index (χ0v) is 17.4. The van der Waals surface area contributed by atoms with Gasteiger partial charge in [-0.05, 0) is 30.3 Å². The molecular formula is C22H28FN4O3+. The van der Waals surface area contributed by atoms with E-state index in [2.05, 4.69) is 10.2 Å². The first-order valence-corrected chi connectivity index (χ1v) is 9.98. The van der Waals surface area contributed by atoms with Crippen molar-refractivity contribution in [1.82, 2.24) is 4.90 Å². The van der Waals surface area contributed by atoms with Gasteiger partial charge >= 0.3 is 0 Å². The van der Waals surface area contributed by atoms with Crippen LogP contribution in [-0.2, 0) is 9.59 Å². The minimum absolute atomic E-state index is 0.0192. The molecule has 0 bridgehead atoms. The summed E-state index contributed by atoms with van der Waals surface area (Å²) in [5.41, 5.74) is 1.44. The maximum Gasteiger partial charge on any atom is 0.279 e. The normalized spacial score (nSPS) is 14.9. The molecule has 1 unspecified atom stereocenters. The maximum absolute atomic E-state index is 13.2. The zero-order valence-electron chi connectivity index (χ0n) is 17.4. The van der Waals surface area contributed by atoms with Crippen molar-refractivity contribution >= 4 is 23.2 Å². The smallest absolute Gasteiger partial charge is 0.279 e. The van der Waals surface area contributed by atoms with Crippen molar-refractivity contribution < 1.29 is 23.6 Å². The molecule has 1 saturated heterocycles. The lowest BCUT2D eigenvalue weighted by Gasteiger charge is -2.36. The number of piperazine rings is 1. The largest absolute Gasteiger partial charge is 0.495 e. The van der Waals surface area contributed by atoms with Crippen LogP contribution in [0.25, 0.3) is 0 Å². The Hall–Kier alpha value is -3.13. The summed E-state index contributed by atoms with van der Waals surface area (Å²) in [6, 6.07) is 13.6. The highest BCUT2D eigenvalue weighted by Gasteiger charge is 2.25. The number of benzene rings is 2. The van der Waals surface area contributed by atoms with Crippen LogP contribution in [0.1, 0.15) is 0 Å². The summed E-state index contributed by atoms with van der Waals surface area (Å²) in [6.07, 6.45) is 0. The van der Waals surface area contributed by atoms with Gasteiger partial charge in [0.25, 0.3) is 11.8 Å². The van der Waals surface area contributed by atoms with E-state index in [1.165, 1.54) is 18.2 Å². The van der Waals surface area contributed by atoms with Gasteiger partial charge in [-0.2, -0.15) is 0 Å². The highest BCUT2D eigenvalue weighted by Crippen LogP contribution is 2.28. The van der Waals surface area contributed by atoms with E-state index in [0.29, 0.717) is 18.8 Å². The average Bonchev–Trinajstić information content (AvgIpc) is 2.73. The number of anilines is 2. The molecule has 0 aliphatic carbocycles. The highest BCUT2D eigenvalue weighted by molar-refractivity contribution is 5.91. The summed E-state index contributed by atoms with van der Waals surface area (Å²) in [6.45, 7) is 3.06. The second-order valence-corrected chi connectivity index (χ2v) is 7.41. The molecule has 3 rings (SSSR count). The number of carbonyl (C=O) groups excluding carboxylic acids is 2. The van der Waals surface area contributed by atoms with E-state index < -0.39 is 5.82 Å². The van der Waals surface area contributed by atoms with Gasteiger partial charge in [0.15, 0.2) is 13.1 Å². The average molecular weight is 415 g/mol. The van der Waals surface area contributed by atoms with Gasteiger partial charge < -0.3 is 24.8 Å². The molecule has 160 valence electrons. The standard InChI is InChI=1S/C22H27FN4O3/c1-25(15-21(28)24-18-7-5-6-17(23)14-18)16-22(29)27-12-10-26(11-13-27)19-8-3-4-9-20(19)30-2/h3-9,14H,10-13,15-16H2,1-2H3,(H,24,28)/p+1. The number of halogens is 1. The molecule has 0 radical (unpaired) electrons. The molecule has 0 spiro atoms. The number of nitrogens with zero attached hydrogens (tertiary/aromatic N) is 2. The number of amides is 2. The van der Waals surface area contributed by atoms with Crippen LogP contribution in [0.4, 0.5) is 15.8 Å². The van der Waals surface area contributed by atoms with Crippen LogP contribution < -0.4 is 19.9 Å². The summed E-state index contributed by atoms with van der Waals surface area (Å²) in [7, 11) is 3.45. The predicted molar refractivity (Wildman–Crippen MR) is 113 cm³/mol. The summed E-state index contributed by atoms with van der Waals surface area (Å²) in [5, 5.41) is 2.66.